The molecule has 0 aliphatic rings. The van der Waals surface area contributed by atoms with Crippen LogP contribution in [0.3, 0.4) is 0 Å². The number of rotatable bonds is 8. The molecule has 3 aromatic rings. The number of carbonyl (C=O) groups is 1. The lowest BCUT2D eigenvalue weighted by Gasteiger charge is -2.12. The molecule has 2 N–H and O–H groups in total. The summed E-state index contributed by atoms with van der Waals surface area (Å²) in [5, 5.41) is 2.81. The Morgan fingerprint density at radius 1 is 0.903 bits per heavy atom. The predicted octanol–water partition coefficient (Wildman–Crippen LogP) is 5.28. The highest BCUT2D eigenvalue weighted by molar-refractivity contribution is 7.99. The van der Waals surface area contributed by atoms with Crippen LogP contribution in [0.25, 0.3) is 0 Å². The van der Waals surface area contributed by atoms with Gasteiger partial charge >= 0.3 is 0 Å². The predicted molar refractivity (Wildman–Crippen MR) is 129 cm³/mol. The Balaban J connectivity index is 1.57. The van der Waals surface area contributed by atoms with Crippen LogP contribution in [0.5, 0.6) is 0 Å². The van der Waals surface area contributed by atoms with Crippen molar-refractivity contribution >= 4 is 39.1 Å². The van der Waals surface area contributed by atoms with E-state index in [1.54, 1.807) is 30.0 Å². The molecule has 0 fully saturated rings. The molecule has 0 saturated carbocycles. The van der Waals surface area contributed by atoms with E-state index in [9.17, 15) is 13.2 Å². The molecule has 0 heterocycles. The largest absolute Gasteiger partial charge is 0.325 e. The van der Waals surface area contributed by atoms with Gasteiger partial charge in [-0.3, -0.25) is 9.52 Å². The Morgan fingerprint density at radius 2 is 1.61 bits per heavy atom. The minimum atomic E-state index is -3.71. The molecule has 0 aliphatic heterocycles. The average molecular weight is 455 g/mol. The van der Waals surface area contributed by atoms with Gasteiger partial charge in [-0.1, -0.05) is 36.4 Å². The summed E-state index contributed by atoms with van der Waals surface area (Å²) < 4.78 is 28.0. The summed E-state index contributed by atoms with van der Waals surface area (Å²) in [5.41, 5.74) is 5.37. The first-order valence-electron chi connectivity index (χ1n) is 9.87. The third kappa shape index (κ3) is 6.35. The fourth-order valence-corrected chi connectivity index (χ4v) is 5.01. The number of anilines is 2. The average Bonchev–Trinajstić information content (AvgIpc) is 2.72. The first-order valence-corrected chi connectivity index (χ1v) is 12.5. The number of benzene rings is 3. The van der Waals surface area contributed by atoms with Gasteiger partial charge in [0.2, 0.25) is 5.91 Å². The van der Waals surface area contributed by atoms with Crippen molar-refractivity contribution in [1.29, 1.82) is 0 Å². The number of hydrogen-bond donors (Lipinski definition) is 2. The van der Waals surface area contributed by atoms with Gasteiger partial charge in [0, 0.05) is 11.4 Å². The fourth-order valence-electron chi connectivity index (χ4n) is 2.99. The van der Waals surface area contributed by atoms with Gasteiger partial charge in [0.05, 0.1) is 16.3 Å². The molecule has 0 spiro atoms. The molecule has 3 rings (SSSR count). The maximum Gasteiger partial charge on any atom is 0.261 e. The van der Waals surface area contributed by atoms with Crippen molar-refractivity contribution < 1.29 is 13.2 Å². The van der Waals surface area contributed by atoms with Crippen LogP contribution in [0.2, 0.25) is 0 Å². The highest BCUT2D eigenvalue weighted by Crippen LogP contribution is 2.22. The minimum Gasteiger partial charge on any atom is -0.325 e. The van der Waals surface area contributed by atoms with Crippen molar-refractivity contribution in [2.24, 2.45) is 0 Å². The molecule has 3 aromatic carbocycles. The van der Waals surface area contributed by atoms with E-state index >= 15 is 0 Å². The Kier molecular flexibility index (Phi) is 7.41. The van der Waals surface area contributed by atoms with Gasteiger partial charge in [0.25, 0.3) is 10.0 Å². The summed E-state index contributed by atoms with van der Waals surface area (Å²) in [4.78, 5) is 12.4. The van der Waals surface area contributed by atoms with E-state index in [1.165, 1.54) is 23.3 Å². The molecule has 0 aliphatic carbocycles. The molecule has 0 saturated heterocycles. The van der Waals surface area contributed by atoms with E-state index in [4.69, 9.17) is 0 Å². The number of aryl methyl sites for hydroxylation is 3. The third-order valence-corrected chi connectivity index (χ3v) is 7.20. The van der Waals surface area contributed by atoms with Crippen LogP contribution in [-0.2, 0) is 20.6 Å². The van der Waals surface area contributed by atoms with E-state index in [2.05, 4.69) is 29.1 Å². The monoisotopic (exact) mass is 454 g/mol. The minimum absolute atomic E-state index is 0.122. The Morgan fingerprint density at radius 3 is 2.32 bits per heavy atom. The lowest BCUT2D eigenvalue weighted by molar-refractivity contribution is -0.113. The van der Waals surface area contributed by atoms with Gasteiger partial charge in [0.1, 0.15) is 0 Å². The maximum atomic E-state index is 12.7. The standard InChI is InChI=1S/C24H26N2O3S2/c1-17-8-9-19(3)23(14-17)26-31(28,29)22-12-10-21(11-13-22)25-24(27)16-30-15-20-7-5-4-6-18(20)2/h4-14,26H,15-16H2,1-3H3,(H,25,27). The molecular formula is C24H26N2O3S2. The van der Waals surface area contributed by atoms with Crippen LogP contribution in [0, 0.1) is 20.8 Å². The van der Waals surface area contributed by atoms with Crippen LogP contribution in [0.1, 0.15) is 22.3 Å². The van der Waals surface area contributed by atoms with E-state index < -0.39 is 10.0 Å². The molecule has 162 valence electrons. The molecular weight excluding hydrogens is 428 g/mol. The maximum absolute atomic E-state index is 12.7. The van der Waals surface area contributed by atoms with Crippen molar-refractivity contribution in [2.75, 3.05) is 15.8 Å². The summed E-state index contributed by atoms with van der Waals surface area (Å²) in [6.45, 7) is 5.82. The van der Waals surface area contributed by atoms with E-state index in [-0.39, 0.29) is 10.8 Å². The van der Waals surface area contributed by atoms with E-state index in [0.717, 1.165) is 16.9 Å². The molecule has 0 unspecified atom stereocenters. The van der Waals surface area contributed by atoms with E-state index in [1.807, 2.05) is 38.1 Å². The molecule has 0 aromatic heterocycles. The molecule has 7 heteroatoms. The van der Waals surface area contributed by atoms with Crippen LogP contribution < -0.4 is 10.0 Å². The Labute approximate surface area is 188 Å². The molecule has 0 bridgehead atoms. The molecule has 1 amide bonds. The van der Waals surface area contributed by atoms with Crippen LogP contribution in [0.4, 0.5) is 11.4 Å². The molecule has 0 radical (unpaired) electrons. The number of nitrogens with one attached hydrogen (secondary N) is 2. The fraction of sp³-hybridized carbons (Fsp3) is 0.208. The zero-order valence-corrected chi connectivity index (χ0v) is 19.4. The van der Waals surface area contributed by atoms with Gasteiger partial charge in [-0.2, -0.15) is 0 Å². The normalized spacial score (nSPS) is 11.2. The summed E-state index contributed by atoms with van der Waals surface area (Å²) in [6, 6.07) is 19.9. The van der Waals surface area contributed by atoms with E-state index in [0.29, 0.717) is 17.1 Å². The number of amides is 1. The second-order valence-corrected chi connectivity index (χ2v) is 10.1. The van der Waals surface area contributed by atoms with Gasteiger partial charge in [-0.15, -0.1) is 11.8 Å². The Bertz CT molecular complexity index is 1170. The van der Waals surface area contributed by atoms with Crippen LogP contribution >= 0.6 is 11.8 Å². The number of sulfonamides is 1. The quantitative estimate of drug-likeness (QED) is 0.485. The number of carbonyl (C=O) groups excluding carboxylic acids is 1. The van der Waals surface area contributed by atoms with Gasteiger partial charge in [0.15, 0.2) is 0 Å². The second kappa shape index (κ2) is 10.0. The van der Waals surface area contributed by atoms with Gasteiger partial charge in [-0.25, -0.2) is 8.42 Å². The molecule has 5 nitrogen and oxygen atoms in total. The van der Waals surface area contributed by atoms with Crippen LogP contribution in [-0.4, -0.2) is 20.1 Å². The SMILES string of the molecule is Cc1ccc(C)c(NS(=O)(=O)c2ccc(NC(=O)CSCc3ccccc3C)cc2)c1. The van der Waals surface area contributed by atoms with Crippen molar-refractivity contribution in [3.63, 3.8) is 0 Å². The highest BCUT2D eigenvalue weighted by Gasteiger charge is 2.15. The molecule has 0 atom stereocenters. The first-order chi connectivity index (χ1) is 14.7. The summed E-state index contributed by atoms with van der Waals surface area (Å²) >= 11 is 1.54. The zero-order chi connectivity index (χ0) is 22.4. The molecule has 31 heavy (non-hydrogen) atoms. The lowest BCUT2D eigenvalue weighted by Crippen LogP contribution is -2.15. The highest BCUT2D eigenvalue weighted by atomic mass is 32.2. The lowest BCUT2D eigenvalue weighted by atomic mass is 10.1. The third-order valence-electron chi connectivity index (χ3n) is 4.84. The summed E-state index contributed by atoms with van der Waals surface area (Å²) in [6.07, 6.45) is 0. The first kappa shape index (κ1) is 22.9. The van der Waals surface area contributed by atoms with Crippen LogP contribution in [0.15, 0.2) is 71.6 Å². The van der Waals surface area contributed by atoms with Crippen molar-refractivity contribution in [3.8, 4) is 0 Å². The zero-order valence-electron chi connectivity index (χ0n) is 17.8. The topological polar surface area (TPSA) is 75.3 Å². The Hall–Kier alpha value is -2.77. The van der Waals surface area contributed by atoms with Crippen molar-refractivity contribution in [2.45, 2.75) is 31.4 Å². The van der Waals surface area contributed by atoms with Gasteiger partial charge in [-0.05, 0) is 73.4 Å². The number of thioether (sulfide) groups is 1. The van der Waals surface area contributed by atoms with Crippen molar-refractivity contribution in [1.82, 2.24) is 0 Å². The second-order valence-electron chi connectivity index (χ2n) is 7.42. The summed E-state index contributed by atoms with van der Waals surface area (Å²) in [7, 11) is -3.71. The van der Waals surface area contributed by atoms with Crippen molar-refractivity contribution in [3.05, 3.63) is 89.0 Å². The summed E-state index contributed by atoms with van der Waals surface area (Å²) in [5.74, 6) is 0.965. The smallest absolute Gasteiger partial charge is 0.261 e. The number of hydrogen-bond acceptors (Lipinski definition) is 4. The van der Waals surface area contributed by atoms with Gasteiger partial charge < -0.3 is 5.32 Å².